The van der Waals surface area contributed by atoms with Gasteiger partial charge in [0.1, 0.15) is 11.0 Å². The van der Waals surface area contributed by atoms with Crippen LogP contribution >= 0.6 is 11.3 Å². The molecule has 0 radical (unpaired) electrons. The molecule has 2 aromatic heterocycles. The first-order valence-electron chi connectivity index (χ1n) is 9.74. The second-order valence-corrected chi connectivity index (χ2v) is 7.69. The van der Waals surface area contributed by atoms with Crippen LogP contribution in [0.2, 0.25) is 0 Å². The summed E-state index contributed by atoms with van der Waals surface area (Å²) in [5.41, 5.74) is 2.93. The first-order chi connectivity index (χ1) is 14.8. The fourth-order valence-electron chi connectivity index (χ4n) is 3.30. The zero-order valence-corrected chi connectivity index (χ0v) is 17.1. The second kappa shape index (κ2) is 9.91. The van der Waals surface area contributed by atoms with Crippen LogP contribution in [0.5, 0.6) is 0 Å². The van der Waals surface area contributed by atoms with E-state index in [0.717, 1.165) is 21.8 Å². The number of thiazole rings is 1. The van der Waals surface area contributed by atoms with Gasteiger partial charge in [0.25, 0.3) is 0 Å². The van der Waals surface area contributed by atoms with Crippen molar-refractivity contribution in [3.8, 4) is 0 Å². The number of carbonyl (C=O) groups excluding carboxylic acids is 1. The minimum absolute atomic E-state index is 0.101. The van der Waals surface area contributed by atoms with Gasteiger partial charge in [-0.25, -0.2) is 4.98 Å². The molecule has 0 spiro atoms. The molecule has 2 atom stereocenters. The van der Waals surface area contributed by atoms with Gasteiger partial charge in [0, 0.05) is 17.8 Å². The number of nitrogens with zero attached hydrogens (tertiary/aromatic N) is 2. The summed E-state index contributed by atoms with van der Waals surface area (Å²) < 4.78 is 0. The Bertz CT molecular complexity index is 1000. The summed E-state index contributed by atoms with van der Waals surface area (Å²) in [6.07, 6.45) is 3.52. The second-order valence-electron chi connectivity index (χ2n) is 6.76. The van der Waals surface area contributed by atoms with E-state index in [1.807, 2.05) is 84.2 Å². The lowest BCUT2D eigenvalue weighted by atomic mass is 10.0. The maximum absolute atomic E-state index is 12.9. The average molecular weight is 415 g/mol. The molecule has 0 aliphatic heterocycles. The van der Waals surface area contributed by atoms with Crippen LogP contribution in [-0.4, -0.2) is 22.4 Å². The molecule has 150 valence electrons. The van der Waals surface area contributed by atoms with E-state index in [1.165, 1.54) is 11.3 Å². The van der Waals surface area contributed by atoms with Crippen LogP contribution in [0.25, 0.3) is 0 Å². The molecule has 2 unspecified atom stereocenters. The SMILES string of the molecule is O=C(CNC(c1ccccc1)c1ccccn1)NC(c1ccccc1)c1nccs1. The van der Waals surface area contributed by atoms with E-state index in [4.69, 9.17) is 0 Å². The molecule has 0 saturated carbocycles. The van der Waals surface area contributed by atoms with Crippen LogP contribution in [0.3, 0.4) is 0 Å². The third-order valence-electron chi connectivity index (χ3n) is 4.72. The largest absolute Gasteiger partial charge is 0.342 e. The highest BCUT2D eigenvalue weighted by Gasteiger charge is 2.21. The number of hydrogen-bond acceptors (Lipinski definition) is 5. The van der Waals surface area contributed by atoms with Gasteiger partial charge < -0.3 is 5.32 Å². The highest BCUT2D eigenvalue weighted by atomic mass is 32.1. The predicted octanol–water partition coefficient (Wildman–Crippen LogP) is 4.12. The minimum Gasteiger partial charge on any atom is -0.342 e. The number of hydrogen-bond donors (Lipinski definition) is 2. The molecule has 0 saturated heterocycles. The quantitative estimate of drug-likeness (QED) is 0.455. The normalized spacial score (nSPS) is 12.8. The summed E-state index contributed by atoms with van der Waals surface area (Å²) in [4.78, 5) is 21.8. The van der Waals surface area contributed by atoms with Crippen molar-refractivity contribution in [2.45, 2.75) is 12.1 Å². The van der Waals surface area contributed by atoms with E-state index < -0.39 is 0 Å². The molecule has 0 bridgehead atoms. The molecule has 0 fully saturated rings. The highest BCUT2D eigenvalue weighted by molar-refractivity contribution is 7.09. The summed E-state index contributed by atoms with van der Waals surface area (Å²) in [5.74, 6) is -0.101. The number of amides is 1. The van der Waals surface area contributed by atoms with Gasteiger partial charge in [0.2, 0.25) is 5.91 Å². The molecule has 4 aromatic rings. The van der Waals surface area contributed by atoms with Crippen molar-refractivity contribution in [2.75, 3.05) is 6.54 Å². The van der Waals surface area contributed by atoms with Crippen LogP contribution < -0.4 is 10.6 Å². The maximum atomic E-state index is 12.9. The Morgan fingerprint density at radius 2 is 1.47 bits per heavy atom. The molecule has 4 rings (SSSR count). The van der Waals surface area contributed by atoms with Crippen molar-refractivity contribution in [1.29, 1.82) is 0 Å². The smallest absolute Gasteiger partial charge is 0.234 e. The molecule has 30 heavy (non-hydrogen) atoms. The van der Waals surface area contributed by atoms with Gasteiger partial charge in [-0.05, 0) is 23.3 Å². The molecule has 2 aromatic carbocycles. The molecule has 2 heterocycles. The van der Waals surface area contributed by atoms with Crippen LogP contribution in [-0.2, 0) is 4.79 Å². The molecule has 0 aliphatic carbocycles. The maximum Gasteiger partial charge on any atom is 0.234 e. The Morgan fingerprint density at radius 1 is 0.800 bits per heavy atom. The van der Waals surface area contributed by atoms with Crippen molar-refractivity contribution in [3.05, 3.63) is 118 Å². The van der Waals surface area contributed by atoms with Crippen molar-refractivity contribution in [1.82, 2.24) is 20.6 Å². The molecule has 6 heteroatoms. The Balaban J connectivity index is 1.49. The first kappa shape index (κ1) is 19.9. The van der Waals surface area contributed by atoms with E-state index in [1.54, 1.807) is 12.4 Å². The highest BCUT2D eigenvalue weighted by Crippen LogP contribution is 2.24. The lowest BCUT2D eigenvalue weighted by Crippen LogP contribution is -2.38. The summed E-state index contributed by atoms with van der Waals surface area (Å²) in [5, 5.41) is 9.26. The number of rotatable bonds is 8. The van der Waals surface area contributed by atoms with Gasteiger partial charge in [-0.15, -0.1) is 11.3 Å². The molecular weight excluding hydrogens is 392 g/mol. The zero-order chi connectivity index (χ0) is 20.6. The number of nitrogens with one attached hydrogen (secondary N) is 2. The van der Waals surface area contributed by atoms with Crippen molar-refractivity contribution < 1.29 is 4.79 Å². The Kier molecular flexibility index (Phi) is 6.59. The van der Waals surface area contributed by atoms with Crippen molar-refractivity contribution in [2.24, 2.45) is 0 Å². The van der Waals surface area contributed by atoms with E-state index >= 15 is 0 Å². The Labute approximate surface area is 179 Å². The van der Waals surface area contributed by atoms with Crippen LogP contribution in [0.1, 0.15) is 33.9 Å². The third kappa shape index (κ3) is 4.97. The summed E-state index contributed by atoms with van der Waals surface area (Å²) >= 11 is 1.53. The standard InChI is InChI=1S/C24H22N4OS/c29-21(28-23(24-26-15-16-30-24)19-11-5-2-6-12-19)17-27-22(18-9-3-1-4-10-18)20-13-7-8-14-25-20/h1-16,22-23,27H,17H2,(H,28,29). The fraction of sp³-hybridized carbons (Fsp3) is 0.125. The van der Waals surface area contributed by atoms with Crippen molar-refractivity contribution in [3.63, 3.8) is 0 Å². The number of pyridine rings is 1. The van der Waals surface area contributed by atoms with Crippen LogP contribution in [0.4, 0.5) is 0 Å². The molecule has 2 N–H and O–H groups in total. The molecular formula is C24H22N4OS. The molecule has 0 aliphatic rings. The number of carbonyl (C=O) groups is 1. The van der Waals surface area contributed by atoms with Crippen molar-refractivity contribution >= 4 is 17.2 Å². The summed E-state index contributed by atoms with van der Waals surface area (Å²) in [6, 6.07) is 25.3. The monoisotopic (exact) mass is 414 g/mol. The predicted molar refractivity (Wildman–Crippen MR) is 119 cm³/mol. The van der Waals surface area contributed by atoms with Gasteiger partial charge in [-0.2, -0.15) is 0 Å². The molecule has 1 amide bonds. The lowest BCUT2D eigenvalue weighted by molar-refractivity contribution is -0.120. The summed E-state index contributed by atoms with van der Waals surface area (Å²) in [6.45, 7) is 0.158. The fourth-order valence-corrected chi connectivity index (χ4v) is 4.02. The van der Waals surface area contributed by atoms with Gasteiger partial charge >= 0.3 is 0 Å². The van der Waals surface area contributed by atoms with Gasteiger partial charge in [0.05, 0.1) is 18.3 Å². The third-order valence-corrected chi connectivity index (χ3v) is 5.56. The van der Waals surface area contributed by atoms with Crippen LogP contribution in [0.15, 0.2) is 96.6 Å². The van der Waals surface area contributed by atoms with E-state index in [0.29, 0.717) is 0 Å². The van der Waals surface area contributed by atoms with Gasteiger partial charge in [0.15, 0.2) is 0 Å². The van der Waals surface area contributed by atoms with Gasteiger partial charge in [-0.3, -0.25) is 15.1 Å². The van der Waals surface area contributed by atoms with E-state index in [2.05, 4.69) is 20.6 Å². The summed E-state index contributed by atoms with van der Waals surface area (Å²) in [7, 11) is 0. The molecule has 5 nitrogen and oxygen atoms in total. The zero-order valence-electron chi connectivity index (χ0n) is 16.3. The topological polar surface area (TPSA) is 66.9 Å². The number of aromatic nitrogens is 2. The van der Waals surface area contributed by atoms with E-state index in [9.17, 15) is 4.79 Å². The first-order valence-corrected chi connectivity index (χ1v) is 10.6. The Hall–Kier alpha value is -3.35. The van der Waals surface area contributed by atoms with Crippen LogP contribution in [0, 0.1) is 0 Å². The lowest BCUT2D eigenvalue weighted by Gasteiger charge is -2.21. The minimum atomic E-state index is -0.273. The van der Waals surface area contributed by atoms with Gasteiger partial charge in [-0.1, -0.05) is 66.7 Å². The Morgan fingerprint density at radius 3 is 2.07 bits per heavy atom. The average Bonchev–Trinajstić information content (AvgIpc) is 3.34. The van der Waals surface area contributed by atoms with E-state index in [-0.39, 0.29) is 24.5 Å². The number of benzene rings is 2.